The molecule has 1 N–H and O–H groups in total. The quantitative estimate of drug-likeness (QED) is 0.863. The minimum Gasteiger partial charge on any atom is -0.496 e. The molecule has 1 fully saturated rings. The van der Waals surface area contributed by atoms with Gasteiger partial charge in [0.1, 0.15) is 11.5 Å². The maximum Gasteiger partial charge on any atom is 0.263 e. The smallest absolute Gasteiger partial charge is 0.263 e. The fraction of sp³-hybridized carbons (Fsp3) is 0.364. The van der Waals surface area contributed by atoms with Crippen molar-refractivity contribution in [3.63, 3.8) is 0 Å². The van der Waals surface area contributed by atoms with Gasteiger partial charge in [0.15, 0.2) is 6.10 Å². The summed E-state index contributed by atoms with van der Waals surface area (Å²) in [7, 11) is 1.54. The fourth-order valence-corrected chi connectivity index (χ4v) is 3.47. The van der Waals surface area contributed by atoms with E-state index in [1.165, 1.54) is 12.8 Å². The molecule has 4 rings (SSSR count). The second kappa shape index (κ2) is 7.54. The first-order chi connectivity index (χ1) is 13.5. The summed E-state index contributed by atoms with van der Waals surface area (Å²) >= 11 is 0. The SMILES string of the molecule is COc1ccccc1C(=O)Nc1ccc2c(c1)CN(CC1CC1)C(=O)C(C)O2. The molecule has 28 heavy (non-hydrogen) atoms. The van der Waals surface area contributed by atoms with Gasteiger partial charge in [-0.1, -0.05) is 12.1 Å². The van der Waals surface area contributed by atoms with Crippen LogP contribution in [0, 0.1) is 5.92 Å². The molecule has 0 bridgehead atoms. The van der Waals surface area contributed by atoms with Gasteiger partial charge in [0.05, 0.1) is 12.7 Å². The molecule has 0 saturated heterocycles. The summed E-state index contributed by atoms with van der Waals surface area (Å²) < 4.78 is 11.1. The highest BCUT2D eigenvalue weighted by atomic mass is 16.5. The highest BCUT2D eigenvalue weighted by Gasteiger charge is 2.32. The number of benzene rings is 2. The van der Waals surface area contributed by atoms with Gasteiger partial charge in [0, 0.05) is 24.3 Å². The molecule has 146 valence electrons. The van der Waals surface area contributed by atoms with Crippen molar-refractivity contribution < 1.29 is 19.1 Å². The molecule has 1 aliphatic carbocycles. The number of methoxy groups -OCH3 is 1. The van der Waals surface area contributed by atoms with Crippen molar-refractivity contribution in [2.75, 3.05) is 19.0 Å². The van der Waals surface area contributed by atoms with Crippen molar-refractivity contribution in [1.82, 2.24) is 4.90 Å². The Bertz CT molecular complexity index is 907. The van der Waals surface area contributed by atoms with Gasteiger partial charge in [-0.15, -0.1) is 0 Å². The molecule has 0 radical (unpaired) electrons. The molecule has 6 heteroatoms. The molecule has 1 heterocycles. The van der Waals surface area contributed by atoms with Crippen LogP contribution in [-0.4, -0.2) is 36.5 Å². The van der Waals surface area contributed by atoms with E-state index in [4.69, 9.17) is 9.47 Å². The van der Waals surface area contributed by atoms with E-state index in [9.17, 15) is 9.59 Å². The molecular formula is C22H24N2O4. The first-order valence-electron chi connectivity index (χ1n) is 9.58. The summed E-state index contributed by atoms with van der Waals surface area (Å²) in [6.07, 6.45) is 1.86. The van der Waals surface area contributed by atoms with E-state index in [0.717, 1.165) is 12.1 Å². The fourth-order valence-electron chi connectivity index (χ4n) is 3.47. The number of rotatable bonds is 5. The summed E-state index contributed by atoms with van der Waals surface area (Å²) in [4.78, 5) is 27.2. The lowest BCUT2D eigenvalue weighted by Gasteiger charge is -2.22. The monoisotopic (exact) mass is 380 g/mol. The van der Waals surface area contributed by atoms with Crippen molar-refractivity contribution in [2.24, 2.45) is 5.92 Å². The molecule has 1 aliphatic heterocycles. The van der Waals surface area contributed by atoms with Gasteiger partial charge in [0.25, 0.3) is 11.8 Å². The molecule has 1 atom stereocenters. The van der Waals surface area contributed by atoms with Crippen molar-refractivity contribution in [1.29, 1.82) is 0 Å². The molecule has 1 saturated carbocycles. The van der Waals surface area contributed by atoms with Crippen LogP contribution in [-0.2, 0) is 11.3 Å². The minimum atomic E-state index is -0.506. The molecule has 2 aromatic carbocycles. The average Bonchev–Trinajstić information content (AvgIpc) is 3.53. The summed E-state index contributed by atoms with van der Waals surface area (Å²) in [5.41, 5.74) is 2.03. The zero-order chi connectivity index (χ0) is 19.7. The number of anilines is 1. The molecule has 1 unspecified atom stereocenters. The third-order valence-corrected chi connectivity index (χ3v) is 5.17. The van der Waals surface area contributed by atoms with Crippen LogP contribution < -0.4 is 14.8 Å². The van der Waals surface area contributed by atoms with E-state index < -0.39 is 6.10 Å². The molecule has 6 nitrogen and oxygen atoms in total. The minimum absolute atomic E-state index is 0.0164. The Morgan fingerprint density at radius 2 is 2.04 bits per heavy atom. The number of nitrogens with zero attached hydrogens (tertiary/aromatic N) is 1. The van der Waals surface area contributed by atoms with Gasteiger partial charge in [0.2, 0.25) is 0 Å². The molecule has 2 amide bonds. The number of amides is 2. The second-order valence-electron chi connectivity index (χ2n) is 7.40. The lowest BCUT2D eigenvalue weighted by molar-refractivity contribution is -0.137. The maximum atomic E-state index is 12.7. The molecule has 2 aromatic rings. The Morgan fingerprint density at radius 1 is 1.25 bits per heavy atom. The number of nitrogens with one attached hydrogen (secondary N) is 1. The van der Waals surface area contributed by atoms with E-state index in [0.29, 0.717) is 35.2 Å². The van der Waals surface area contributed by atoms with E-state index in [-0.39, 0.29) is 11.8 Å². The third-order valence-electron chi connectivity index (χ3n) is 5.17. The zero-order valence-corrected chi connectivity index (χ0v) is 16.1. The first-order valence-corrected chi connectivity index (χ1v) is 9.58. The third kappa shape index (κ3) is 3.81. The number of hydrogen-bond acceptors (Lipinski definition) is 4. The van der Waals surface area contributed by atoms with E-state index in [1.807, 2.05) is 23.1 Å². The predicted molar refractivity (Wildman–Crippen MR) is 106 cm³/mol. The number of hydrogen-bond donors (Lipinski definition) is 1. The largest absolute Gasteiger partial charge is 0.496 e. The Morgan fingerprint density at radius 3 is 2.79 bits per heavy atom. The van der Waals surface area contributed by atoms with E-state index in [1.54, 1.807) is 38.3 Å². The van der Waals surface area contributed by atoms with Crippen LogP contribution in [0.4, 0.5) is 5.69 Å². The number of fused-ring (bicyclic) bond motifs is 1. The van der Waals surface area contributed by atoms with Gasteiger partial charge in [-0.3, -0.25) is 9.59 Å². The van der Waals surface area contributed by atoms with E-state index >= 15 is 0 Å². The summed E-state index contributed by atoms with van der Waals surface area (Å²) in [6, 6.07) is 12.6. The molecular weight excluding hydrogens is 356 g/mol. The van der Waals surface area contributed by atoms with Crippen LogP contribution in [0.2, 0.25) is 0 Å². The van der Waals surface area contributed by atoms with Crippen molar-refractivity contribution in [3.8, 4) is 11.5 Å². The van der Waals surface area contributed by atoms with Gasteiger partial charge < -0.3 is 19.7 Å². The van der Waals surface area contributed by atoms with Crippen LogP contribution in [0.25, 0.3) is 0 Å². The second-order valence-corrected chi connectivity index (χ2v) is 7.40. The van der Waals surface area contributed by atoms with Crippen LogP contribution >= 0.6 is 0 Å². The number of carbonyl (C=O) groups is 2. The average molecular weight is 380 g/mol. The van der Waals surface area contributed by atoms with Crippen molar-refractivity contribution >= 4 is 17.5 Å². The topological polar surface area (TPSA) is 67.9 Å². The summed E-state index contributed by atoms with van der Waals surface area (Å²) in [5.74, 6) is 1.59. The molecule has 2 aliphatic rings. The molecule has 0 aromatic heterocycles. The highest BCUT2D eigenvalue weighted by molar-refractivity contribution is 6.06. The van der Waals surface area contributed by atoms with Gasteiger partial charge in [-0.25, -0.2) is 0 Å². The number of para-hydroxylation sites is 1. The van der Waals surface area contributed by atoms with E-state index in [2.05, 4.69) is 5.32 Å². The standard InChI is InChI=1S/C22H24N2O4/c1-14-22(26)24(12-15-7-8-15)13-16-11-17(9-10-19(16)28-14)23-21(25)18-5-3-4-6-20(18)27-2/h3-6,9-11,14-15H,7-8,12-13H2,1-2H3,(H,23,25). The van der Waals surface area contributed by atoms with Crippen molar-refractivity contribution in [3.05, 3.63) is 53.6 Å². The maximum absolute atomic E-state index is 12.7. The molecule has 0 spiro atoms. The lowest BCUT2D eigenvalue weighted by atomic mass is 10.1. The Balaban J connectivity index is 1.56. The Labute approximate surface area is 164 Å². The van der Waals surface area contributed by atoms with Gasteiger partial charge in [-0.05, 0) is 56.0 Å². The summed E-state index contributed by atoms with van der Waals surface area (Å²) in [6.45, 7) is 3.05. The first kappa shape index (κ1) is 18.3. The number of carbonyl (C=O) groups excluding carboxylic acids is 2. The van der Waals surface area contributed by atoms with Gasteiger partial charge in [-0.2, -0.15) is 0 Å². The Kier molecular flexibility index (Phi) is 4.94. The predicted octanol–water partition coefficient (Wildman–Crippen LogP) is 3.47. The van der Waals surface area contributed by atoms with Crippen LogP contribution in [0.15, 0.2) is 42.5 Å². The lowest BCUT2D eigenvalue weighted by Crippen LogP contribution is -2.39. The zero-order valence-electron chi connectivity index (χ0n) is 16.1. The Hall–Kier alpha value is -3.02. The van der Waals surface area contributed by atoms with Crippen LogP contribution in [0.1, 0.15) is 35.7 Å². The normalized spacial score (nSPS) is 18.7. The summed E-state index contributed by atoms with van der Waals surface area (Å²) in [5, 5.41) is 2.92. The number of ether oxygens (including phenoxy) is 2. The van der Waals surface area contributed by atoms with Crippen LogP contribution in [0.5, 0.6) is 11.5 Å². The van der Waals surface area contributed by atoms with Gasteiger partial charge >= 0.3 is 0 Å². The van der Waals surface area contributed by atoms with Crippen LogP contribution in [0.3, 0.4) is 0 Å². The highest BCUT2D eigenvalue weighted by Crippen LogP contribution is 2.34. The van der Waals surface area contributed by atoms with Crippen molar-refractivity contribution in [2.45, 2.75) is 32.4 Å².